The van der Waals surface area contributed by atoms with E-state index in [-0.39, 0.29) is 11.9 Å². The number of nitrogen functional groups attached to an aromatic ring is 1. The van der Waals surface area contributed by atoms with E-state index in [0.29, 0.717) is 17.8 Å². The Hall–Kier alpha value is -1.51. The Labute approximate surface area is 97.2 Å². The van der Waals surface area contributed by atoms with Gasteiger partial charge >= 0.3 is 0 Å². The zero-order valence-corrected chi connectivity index (χ0v) is 10.4. The molecule has 16 heavy (non-hydrogen) atoms. The second-order valence-corrected chi connectivity index (χ2v) is 4.22. The average Bonchev–Trinajstić information content (AvgIpc) is 2.22. The first kappa shape index (κ1) is 12.6. The summed E-state index contributed by atoms with van der Waals surface area (Å²) in [4.78, 5) is 14.0. The molecule has 88 valence electrons. The van der Waals surface area contributed by atoms with Crippen LogP contribution in [0, 0.1) is 6.92 Å². The van der Waals surface area contributed by atoms with Crippen LogP contribution < -0.4 is 5.73 Å². The predicted molar refractivity (Wildman–Crippen MR) is 67.4 cm³/mol. The molecule has 0 saturated heterocycles. The molecule has 1 aromatic carbocycles. The molecule has 0 bridgehead atoms. The van der Waals surface area contributed by atoms with Gasteiger partial charge < -0.3 is 10.6 Å². The molecule has 0 fully saturated rings. The maximum Gasteiger partial charge on any atom is 0.256 e. The van der Waals surface area contributed by atoms with E-state index in [1.165, 1.54) is 0 Å². The van der Waals surface area contributed by atoms with Crippen LogP contribution in [0.1, 0.15) is 36.7 Å². The smallest absolute Gasteiger partial charge is 0.256 e. The van der Waals surface area contributed by atoms with Gasteiger partial charge in [0.05, 0.1) is 5.56 Å². The SMILES string of the molecule is CCN(C(=O)c1cccc(C)c1N)C(C)C. The Morgan fingerprint density at radius 3 is 2.56 bits per heavy atom. The number of aryl methyl sites for hydroxylation is 1. The third-order valence-electron chi connectivity index (χ3n) is 2.78. The van der Waals surface area contributed by atoms with Crippen molar-refractivity contribution in [2.45, 2.75) is 33.7 Å². The van der Waals surface area contributed by atoms with Crippen LogP contribution in [-0.2, 0) is 0 Å². The monoisotopic (exact) mass is 220 g/mol. The van der Waals surface area contributed by atoms with Crippen LogP contribution in [-0.4, -0.2) is 23.4 Å². The molecule has 0 heterocycles. The molecule has 0 aromatic heterocycles. The van der Waals surface area contributed by atoms with E-state index in [2.05, 4.69) is 0 Å². The number of nitrogens with zero attached hydrogens (tertiary/aromatic N) is 1. The third kappa shape index (κ3) is 2.35. The summed E-state index contributed by atoms with van der Waals surface area (Å²) in [6.45, 7) is 8.60. The molecule has 0 aliphatic rings. The fourth-order valence-electron chi connectivity index (χ4n) is 1.77. The number of hydrogen-bond donors (Lipinski definition) is 1. The topological polar surface area (TPSA) is 46.3 Å². The summed E-state index contributed by atoms with van der Waals surface area (Å²) in [5, 5.41) is 0. The summed E-state index contributed by atoms with van der Waals surface area (Å²) in [5.41, 5.74) is 8.07. The molecule has 0 unspecified atom stereocenters. The van der Waals surface area contributed by atoms with Gasteiger partial charge in [-0.2, -0.15) is 0 Å². The fraction of sp³-hybridized carbons (Fsp3) is 0.462. The molecule has 1 amide bonds. The molecule has 3 heteroatoms. The Kier molecular flexibility index (Phi) is 3.93. The number of benzene rings is 1. The highest BCUT2D eigenvalue weighted by Gasteiger charge is 2.19. The van der Waals surface area contributed by atoms with Crippen molar-refractivity contribution >= 4 is 11.6 Å². The van der Waals surface area contributed by atoms with Crippen molar-refractivity contribution in [1.82, 2.24) is 4.90 Å². The maximum absolute atomic E-state index is 12.2. The van der Waals surface area contributed by atoms with Crippen LogP contribution in [0.5, 0.6) is 0 Å². The first-order chi connectivity index (χ1) is 7.49. The van der Waals surface area contributed by atoms with Crippen molar-refractivity contribution in [2.75, 3.05) is 12.3 Å². The van der Waals surface area contributed by atoms with E-state index in [1.54, 1.807) is 6.07 Å². The largest absolute Gasteiger partial charge is 0.398 e. The molecular formula is C13H20N2O. The van der Waals surface area contributed by atoms with Crippen LogP contribution in [0.2, 0.25) is 0 Å². The van der Waals surface area contributed by atoms with Crippen molar-refractivity contribution < 1.29 is 4.79 Å². The number of hydrogen-bond acceptors (Lipinski definition) is 2. The van der Waals surface area contributed by atoms with Gasteiger partial charge in [0, 0.05) is 18.3 Å². The first-order valence-corrected chi connectivity index (χ1v) is 5.65. The number of carbonyl (C=O) groups is 1. The first-order valence-electron chi connectivity index (χ1n) is 5.65. The van der Waals surface area contributed by atoms with Crippen molar-refractivity contribution in [2.24, 2.45) is 0 Å². The molecule has 0 spiro atoms. The van der Waals surface area contributed by atoms with Crippen LogP contribution >= 0.6 is 0 Å². The third-order valence-corrected chi connectivity index (χ3v) is 2.78. The van der Waals surface area contributed by atoms with Crippen LogP contribution in [0.15, 0.2) is 18.2 Å². The zero-order chi connectivity index (χ0) is 12.3. The minimum absolute atomic E-state index is 0.0127. The normalized spacial score (nSPS) is 10.6. The molecule has 0 aliphatic carbocycles. The summed E-state index contributed by atoms with van der Waals surface area (Å²) < 4.78 is 0. The Balaban J connectivity index is 3.09. The fourth-order valence-corrected chi connectivity index (χ4v) is 1.77. The van der Waals surface area contributed by atoms with Gasteiger partial charge in [-0.1, -0.05) is 12.1 Å². The van der Waals surface area contributed by atoms with E-state index in [4.69, 9.17) is 5.73 Å². The minimum atomic E-state index is 0.0127. The lowest BCUT2D eigenvalue weighted by Crippen LogP contribution is -2.37. The lowest BCUT2D eigenvalue weighted by molar-refractivity contribution is 0.0718. The zero-order valence-electron chi connectivity index (χ0n) is 10.4. The standard InChI is InChI=1S/C13H20N2O/c1-5-15(9(2)3)13(16)11-8-6-7-10(4)12(11)14/h6-9H,5,14H2,1-4H3. The minimum Gasteiger partial charge on any atom is -0.398 e. The van der Waals surface area contributed by atoms with Gasteiger partial charge in [-0.05, 0) is 39.3 Å². The number of para-hydroxylation sites is 1. The van der Waals surface area contributed by atoms with Crippen LogP contribution in [0.4, 0.5) is 5.69 Å². The molecule has 0 radical (unpaired) electrons. The maximum atomic E-state index is 12.2. The summed E-state index contributed by atoms with van der Waals surface area (Å²) >= 11 is 0. The summed E-state index contributed by atoms with van der Waals surface area (Å²) in [6, 6.07) is 5.76. The summed E-state index contributed by atoms with van der Waals surface area (Å²) in [5.74, 6) is 0.0127. The quantitative estimate of drug-likeness (QED) is 0.795. The molecular weight excluding hydrogens is 200 g/mol. The second-order valence-electron chi connectivity index (χ2n) is 4.22. The van der Waals surface area contributed by atoms with Gasteiger partial charge in [0.15, 0.2) is 0 Å². The van der Waals surface area contributed by atoms with Gasteiger partial charge in [-0.3, -0.25) is 4.79 Å². The van der Waals surface area contributed by atoms with Gasteiger partial charge in [-0.25, -0.2) is 0 Å². The highest BCUT2D eigenvalue weighted by molar-refractivity contribution is 5.99. The van der Waals surface area contributed by atoms with Crippen LogP contribution in [0.25, 0.3) is 0 Å². The van der Waals surface area contributed by atoms with Crippen LogP contribution in [0.3, 0.4) is 0 Å². The van der Waals surface area contributed by atoms with Crippen molar-refractivity contribution in [3.8, 4) is 0 Å². The van der Waals surface area contributed by atoms with Gasteiger partial charge in [0.25, 0.3) is 5.91 Å². The molecule has 0 atom stereocenters. The number of carbonyl (C=O) groups excluding carboxylic acids is 1. The highest BCUT2D eigenvalue weighted by Crippen LogP contribution is 2.19. The molecule has 1 rings (SSSR count). The molecule has 2 N–H and O–H groups in total. The van der Waals surface area contributed by atoms with E-state index in [9.17, 15) is 4.79 Å². The average molecular weight is 220 g/mol. The lowest BCUT2D eigenvalue weighted by atomic mass is 10.1. The number of nitrogens with two attached hydrogens (primary N) is 1. The van der Waals surface area contributed by atoms with Gasteiger partial charge in [0.1, 0.15) is 0 Å². The van der Waals surface area contributed by atoms with Crippen molar-refractivity contribution in [3.63, 3.8) is 0 Å². The molecule has 3 nitrogen and oxygen atoms in total. The number of amides is 1. The van der Waals surface area contributed by atoms with E-state index in [0.717, 1.165) is 5.56 Å². The summed E-state index contributed by atoms with van der Waals surface area (Å²) in [7, 11) is 0. The number of anilines is 1. The Bertz CT molecular complexity index is 386. The van der Waals surface area contributed by atoms with Gasteiger partial charge in [0.2, 0.25) is 0 Å². The second kappa shape index (κ2) is 5.01. The molecule has 0 saturated carbocycles. The predicted octanol–water partition coefficient (Wildman–Crippen LogP) is 2.45. The molecule has 1 aromatic rings. The van der Waals surface area contributed by atoms with E-state index >= 15 is 0 Å². The van der Waals surface area contributed by atoms with Crippen molar-refractivity contribution in [3.05, 3.63) is 29.3 Å². The van der Waals surface area contributed by atoms with Crippen molar-refractivity contribution in [1.29, 1.82) is 0 Å². The number of rotatable bonds is 3. The Morgan fingerprint density at radius 1 is 1.44 bits per heavy atom. The van der Waals surface area contributed by atoms with E-state index < -0.39 is 0 Å². The lowest BCUT2D eigenvalue weighted by Gasteiger charge is -2.26. The summed E-state index contributed by atoms with van der Waals surface area (Å²) in [6.07, 6.45) is 0. The van der Waals surface area contributed by atoms with Gasteiger partial charge in [-0.15, -0.1) is 0 Å². The molecule has 0 aliphatic heterocycles. The highest BCUT2D eigenvalue weighted by atomic mass is 16.2. The van der Waals surface area contributed by atoms with E-state index in [1.807, 2.05) is 44.7 Å². The Morgan fingerprint density at radius 2 is 2.06 bits per heavy atom.